The van der Waals surface area contributed by atoms with Crippen LogP contribution in [0.25, 0.3) is 0 Å². The van der Waals surface area contributed by atoms with E-state index in [2.05, 4.69) is 0 Å². The van der Waals surface area contributed by atoms with E-state index in [1.807, 2.05) is 25.1 Å². The number of rotatable bonds is 4. The molecule has 2 rings (SSSR count). The van der Waals surface area contributed by atoms with E-state index in [-0.39, 0.29) is 11.9 Å². The summed E-state index contributed by atoms with van der Waals surface area (Å²) in [4.78, 5) is 2.05. The molecule has 0 aliphatic carbocycles. The standard InChI is InChI=1S/C15H15ClFNS/c1-10(18)8-11-2-3-12(16)9-15(11)19-14-6-4-13(17)5-7-14/h2-7,9-10H,8,18H2,1H3. The lowest BCUT2D eigenvalue weighted by Gasteiger charge is -2.12. The van der Waals surface area contributed by atoms with Crippen LogP contribution in [0.5, 0.6) is 0 Å². The van der Waals surface area contributed by atoms with E-state index in [1.54, 1.807) is 23.9 Å². The second-order valence-corrected chi connectivity index (χ2v) is 6.04. The molecule has 2 N–H and O–H groups in total. The fourth-order valence-corrected chi connectivity index (χ4v) is 3.00. The molecule has 0 heterocycles. The van der Waals surface area contributed by atoms with E-state index >= 15 is 0 Å². The van der Waals surface area contributed by atoms with Gasteiger partial charge in [0.25, 0.3) is 0 Å². The minimum atomic E-state index is -0.230. The Morgan fingerprint density at radius 1 is 1.21 bits per heavy atom. The van der Waals surface area contributed by atoms with Crippen molar-refractivity contribution in [3.05, 3.63) is 58.9 Å². The molecule has 0 bridgehead atoms. The van der Waals surface area contributed by atoms with Crippen LogP contribution in [-0.4, -0.2) is 6.04 Å². The molecule has 0 aromatic heterocycles. The maximum atomic E-state index is 12.9. The van der Waals surface area contributed by atoms with Gasteiger partial charge in [-0.05, 0) is 55.3 Å². The van der Waals surface area contributed by atoms with Crippen LogP contribution in [0.1, 0.15) is 12.5 Å². The van der Waals surface area contributed by atoms with E-state index in [0.717, 1.165) is 21.8 Å². The van der Waals surface area contributed by atoms with Crippen LogP contribution in [0, 0.1) is 5.82 Å². The quantitative estimate of drug-likeness (QED) is 0.897. The molecule has 0 amide bonds. The summed E-state index contributed by atoms with van der Waals surface area (Å²) < 4.78 is 12.9. The van der Waals surface area contributed by atoms with Gasteiger partial charge in [0, 0.05) is 20.9 Å². The van der Waals surface area contributed by atoms with Crippen LogP contribution in [0.15, 0.2) is 52.3 Å². The zero-order valence-corrected chi connectivity index (χ0v) is 12.1. The summed E-state index contributed by atoms with van der Waals surface area (Å²) in [6.07, 6.45) is 0.792. The molecule has 100 valence electrons. The first-order chi connectivity index (χ1) is 9.04. The lowest BCUT2D eigenvalue weighted by molar-refractivity contribution is 0.626. The average Bonchev–Trinajstić information content (AvgIpc) is 2.35. The molecule has 2 aromatic carbocycles. The molecule has 1 nitrogen and oxygen atoms in total. The highest BCUT2D eigenvalue weighted by molar-refractivity contribution is 7.99. The van der Waals surface area contributed by atoms with Crippen molar-refractivity contribution in [2.24, 2.45) is 5.73 Å². The Morgan fingerprint density at radius 2 is 1.89 bits per heavy atom. The maximum Gasteiger partial charge on any atom is 0.123 e. The van der Waals surface area contributed by atoms with Crippen molar-refractivity contribution in [1.29, 1.82) is 0 Å². The predicted octanol–water partition coefficient (Wildman–Crippen LogP) is 4.52. The molecule has 1 atom stereocenters. The third kappa shape index (κ3) is 4.23. The second-order valence-electron chi connectivity index (χ2n) is 4.49. The summed E-state index contributed by atoms with van der Waals surface area (Å²) in [5.74, 6) is -0.230. The van der Waals surface area contributed by atoms with Gasteiger partial charge in [-0.1, -0.05) is 29.4 Å². The van der Waals surface area contributed by atoms with E-state index in [9.17, 15) is 4.39 Å². The molecule has 0 spiro atoms. The molecule has 1 unspecified atom stereocenters. The van der Waals surface area contributed by atoms with Crippen molar-refractivity contribution in [3.8, 4) is 0 Å². The number of halogens is 2. The Hall–Kier alpha value is -1.03. The van der Waals surface area contributed by atoms with Gasteiger partial charge in [0.1, 0.15) is 5.82 Å². The normalized spacial score (nSPS) is 12.4. The smallest absolute Gasteiger partial charge is 0.123 e. The molecular weight excluding hydrogens is 281 g/mol. The Balaban J connectivity index is 2.27. The van der Waals surface area contributed by atoms with E-state index in [4.69, 9.17) is 17.3 Å². The highest BCUT2D eigenvalue weighted by Gasteiger charge is 2.08. The Morgan fingerprint density at radius 3 is 2.53 bits per heavy atom. The van der Waals surface area contributed by atoms with Crippen molar-refractivity contribution in [1.82, 2.24) is 0 Å². The van der Waals surface area contributed by atoms with Crippen LogP contribution in [-0.2, 0) is 6.42 Å². The summed E-state index contributed by atoms with van der Waals surface area (Å²) in [6.45, 7) is 1.97. The van der Waals surface area contributed by atoms with Crippen LogP contribution in [0.2, 0.25) is 5.02 Å². The van der Waals surface area contributed by atoms with Gasteiger partial charge in [-0.25, -0.2) is 4.39 Å². The van der Waals surface area contributed by atoms with Crippen molar-refractivity contribution >= 4 is 23.4 Å². The van der Waals surface area contributed by atoms with Gasteiger partial charge < -0.3 is 5.73 Å². The van der Waals surface area contributed by atoms with E-state index in [1.165, 1.54) is 12.1 Å². The number of hydrogen-bond acceptors (Lipinski definition) is 2. The van der Waals surface area contributed by atoms with Gasteiger partial charge in [0.05, 0.1) is 0 Å². The third-order valence-corrected chi connectivity index (χ3v) is 3.96. The Labute approximate surface area is 122 Å². The topological polar surface area (TPSA) is 26.0 Å². The highest BCUT2D eigenvalue weighted by atomic mass is 35.5. The van der Waals surface area contributed by atoms with Crippen LogP contribution in [0.3, 0.4) is 0 Å². The monoisotopic (exact) mass is 295 g/mol. The molecule has 2 aromatic rings. The molecule has 0 radical (unpaired) electrons. The van der Waals surface area contributed by atoms with Crippen LogP contribution >= 0.6 is 23.4 Å². The minimum Gasteiger partial charge on any atom is -0.328 e. The zero-order valence-electron chi connectivity index (χ0n) is 10.6. The summed E-state index contributed by atoms with van der Waals surface area (Å²) in [5, 5.41) is 0.693. The van der Waals surface area contributed by atoms with Gasteiger partial charge in [0.15, 0.2) is 0 Å². The third-order valence-electron chi connectivity index (χ3n) is 2.61. The van der Waals surface area contributed by atoms with Crippen LogP contribution < -0.4 is 5.73 Å². The molecule has 0 aliphatic rings. The fraction of sp³-hybridized carbons (Fsp3) is 0.200. The molecule has 0 saturated carbocycles. The van der Waals surface area contributed by atoms with Crippen molar-refractivity contribution in [2.45, 2.75) is 29.2 Å². The summed E-state index contributed by atoms with van der Waals surface area (Å²) in [5.41, 5.74) is 7.01. The Bertz CT molecular complexity index is 555. The van der Waals surface area contributed by atoms with Gasteiger partial charge in [-0.2, -0.15) is 0 Å². The highest BCUT2D eigenvalue weighted by Crippen LogP contribution is 2.33. The molecular formula is C15H15ClFNS. The van der Waals surface area contributed by atoms with Gasteiger partial charge in [0.2, 0.25) is 0 Å². The van der Waals surface area contributed by atoms with Crippen LogP contribution in [0.4, 0.5) is 4.39 Å². The summed E-state index contributed by atoms with van der Waals surface area (Å²) >= 11 is 7.61. The summed E-state index contributed by atoms with van der Waals surface area (Å²) in [7, 11) is 0. The second kappa shape index (κ2) is 6.42. The van der Waals surface area contributed by atoms with Gasteiger partial charge >= 0.3 is 0 Å². The SMILES string of the molecule is CC(N)Cc1ccc(Cl)cc1Sc1ccc(F)cc1. The predicted molar refractivity (Wildman–Crippen MR) is 79.3 cm³/mol. The van der Waals surface area contributed by atoms with Gasteiger partial charge in [-0.3, -0.25) is 0 Å². The van der Waals surface area contributed by atoms with Crippen molar-refractivity contribution in [3.63, 3.8) is 0 Å². The first kappa shape index (κ1) is 14.4. The molecule has 4 heteroatoms. The van der Waals surface area contributed by atoms with E-state index < -0.39 is 0 Å². The van der Waals surface area contributed by atoms with Gasteiger partial charge in [-0.15, -0.1) is 0 Å². The fourth-order valence-electron chi connectivity index (χ4n) is 1.77. The van der Waals surface area contributed by atoms with E-state index in [0.29, 0.717) is 5.02 Å². The number of nitrogens with two attached hydrogens (primary N) is 1. The maximum absolute atomic E-state index is 12.9. The summed E-state index contributed by atoms with van der Waals surface area (Å²) in [6, 6.07) is 12.3. The molecule has 0 saturated heterocycles. The van der Waals surface area contributed by atoms with Crippen molar-refractivity contribution in [2.75, 3.05) is 0 Å². The molecule has 19 heavy (non-hydrogen) atoms. The Kier molecular flexibility index (Phi) is 4.86. The zero-order chi connectivity index (χ0) is 13.8. The molecule has 0 aliphatic heterocycles. The lowest BCUT2D eigenvalue weighted by Crippen LogP contribution is -2.18. The number of hydrogen-bond donors (Lipinski definition) is 1. The first-order valence-corrected chi connectivity index (χ1v) is 7.21. The number of benzene rings is 2. The lowest BCUT2D eigenvalue weighted by atomic mass is 10.1. The minimum absolute atomic E-state index is 0.0914. The average molecular weight is 296 g/mol. The molecule has 0 fully saturated rings. The van der Waals surface area contributed by atoms with Crippen molar-refractivity contribution < 1.29 is 4.39 Å². The first-order valence-electron chi connectivity index (χ1n) is 6.02. The largest absolute Gasteiger partial charge is 0.328 e.